The van der Waals surface area contributed by atoms with Crippen LogP contribution in [0.3, 0.4) is 0 Å². The third-order valence-electron chi connectivity index (χ3n) is 26.0. The third-order valence-corrected chi connectivity index (χ3v) is 26.0. The summed E-state index contributed by atoms with van der Waals surface area (Å²) in [5, 5.41) is 13.4. The topological polar surface area (TPSA) is 40.5 Å². The van der Waals surface area contributed by atoms with E-state index < -0.39 is 5.41 Å². The lowest BCUT2D eigenvalue weighted by Gasteiger charge is -2.52. The fraction of sp³-hybridized carbons (Fsp3) is 0.786. The standard InChI is InChI=1S/C117H211NO2/c1-9-15-21-27-33-39-45-51-57-63-69-75-81-87-93-99-105-112(106-100-94-88-82-76-70-64-58-52-46-40-34-28-22-16-10-2)115(111-118(7)8)117(116(119)120,113(107-101-95-89-83-77-71-65-59-53-47-41-35-29-23-17-11-3)108-102-96-90-84-78-72-66-60-54-48-42-36-30-24-18-12-4)114(109-103-97-91-85-79-73-67-61-55-49-43-37-31-25-19-13-5)110-104-98-92-86-80-74-68-62-56-50-44-38-32-26-20-14-6/h33-44,51-62,112-115H,9-32,45-50,63-111H2,1-8H3,(H,119,120). The molecule has 0 aromatic carbocycles. The van der Waals surface area contributed by atoms with Crippen LogP contribution in [0.15, 0.2) is 146 Å². The van der Waals surface area contributed by atoms with Gasteiger partial charge in [-0.15, -0.1) is 0 Å². The van der Waals surface area contributed by atoms with Crippen molar-refractivity contribution in [2.24, 2.45) is 29.1 Å². The number of carboxylic acids is 1. The average Bonchev–Trinajstić information content (AvgIpc) is 0.746. The molecule has 1 atom stereocenters. The first-order valence-corrected chi connectivity index (χ1v) is 54.0. The summed E-state index contributed by atoms with van der Waals surface area (Å²) >= 11 is 0. The summed E-state index contributed by atoms with van der Waals surface area (Å²) in [7, 11) is 4.66. The molecule has 3 nitrogen and oxygen atoms in total. The SMILES string of the molecule is CCCCCC=CCC=CCCCCCCCCC(CCCCCCCCC=CCC=CCCCCC)C(CN(C)C)C(C(=O)O)(C(CCCCCCCCC=CCC=CCCCCC)CCCCCCCCC=CCC=CCCCCC)C(CCCCCCCCC=CCC=CCCCCC)CCCCCCCCC=CCC=CCCCCC. The Hall–Kier alpha value is -3.69. The van der Waals surface area contributed by atoms with Crippen molar-refractivity contribution in [2.45, 2.75) is 542 Å². The summed E-state index contributed by atoms with van der Waals surface area (Å²) in [6.07, 6.45) is 154. The zero-order chi connectivity index (χ0) is 86.8. The number of rotatable bonds is 97. The molecule has 0 bridgehead atoms. The van der Waals surface area contributed by atoms with Gasteiger partial charge in [-0.05, 0) is 256 Å². The second-order valence-electron chi connectivity index (χ2n) is 37.5. The Morgan fingerprint density at radius 3 is 0.525 bits per heavy atom. The zero-order valence-corrected chi connectivity index (χ0v) is 82.3. The van der Waals surface area contributed by atoms with E-state index in [4.69, 9.17) is 0 Å². The van der Waals surface area contributed by atoms with E-state index in [9.17, 15) is 5.11 Å². The van der Waals surface area contributed by atoms with E-state index in [2.05, 4.69) is 206 Å². The molecule has 0 aliphatic heterocycles. The van der Waals surface area contributed by atoms with E-state index in [0.29, 0.717) is 5.92 Å². The first-order valence-electron chi connectivity index (χ1n) is 54.0. The average molecular weight is 1660 g/mol. The molecule has 0 aromatic rings. The maximum atomic E-state index is 16.3. The van der Waals surface area contributed by atoms with Gasteiger partial charge in [0.2, 0.25) is 0 Å². The fourth-order valence-electron chi connectivity index (χ4n) is 18.6. The van der Waals surface area contributed by atoms with Crippen molar-refractivity contribution in [3.8, 4) is 0 Å². The van der Waals surface area contributed by atoms with E-state index in [1.54, 1.807) is 0 Å². The van der Waals surface area contributed by atoms with Crippen LogP contribution in [0.5, 0.6) is 0 Å². The van der Waals surface area contributed by atoms with Crippen LogP contribution in [0.2, 0.25) is 0 Å². The van der Waals surface area contributed by atoms with Crippen molar-refractivity contribution in [2.75, 3.05) is 20.6 Å². The molecule has 0 fully saturated rings. The molecule has 0 heterocycles. The largest absolute Gasteiger partial charge is 0.481 e. The van der Waals surface area contributed by atoms with Gasteiger partial charge in [-0.2, -0.15) is 0 Å². The molecule has 0 spiro atoms. The van der Waals surface area contributed by atoms with Crippen molar-refractivity contribution >= 4 is 5.97 Å². The Morgan fingerprint density at radius 2 is 0.367 bits per heavy atom. The Kier molecular flexibility index (Phi) is 96.0. The van der Waals surface area contributed by atoms with Crippen molar-refractivity contribution in [1.82, 2.24) is 4.90 Å². The van der Waals surface area contributed by atoms with Crippen molar-refractivity contribution in [3.05, 3.63) is 146 Å². The molecule has 1 unspecified atom stereocenters. The van der Waals surface area contributed by atoms with E-state index in [0.717, 1.165) is 70.8 Å². The maximum absolute atomic E-state index is 16.3. The number of hydrogen-bond donors (Lipinski definition) is 1. The predicted molar refractivity (Wildman–Crippen MR) is 546 cm³/mol. The van der Waals surface area contributed by atoms with Gasteiger partial charge in [0.05, 0.1) is 5.41 Å². The summed E-state index contributed by atoms with van der Waals surface area (Å²) in [5.41, 5.74) is -0.770. The van der Waals surface area contributed by atoms with Crippen molar-refractivity contribution in [3.63, 3.8) is 0 Å². The number of aliphatic carboxylic acids is 1. The molecule has 0 saturated heterocycles. The lowest BCUT2D eigenvalue weighted by atomic mass is 9.51. The first kappa shape index (κ1) is 116. The Labute approximate surface area is 754 Å². The highest BCUT2D eigenvalue weighted by Gasteiger charge is 2.57. The van der Waals surface area contributed by atoms with Gasteiger partial charge in [-0.1, -0.05) is 470 Å². The lowest BCUT2D eigenvalue weighted by Crippen LogP contribution is -2.55. The molecule has 0 saturated carbocycles. The Balaban J connectivity index is 7.80. The first-order chi connectivity index (χ1) is 59.3. The van der Waals surface area contributed by atoms with Gasteiger partial charge in [-0.3, -0.25) is 4.79 Å². The predicted octanol–water partition coefficient (Wildman–Crippen LogP) is 40.3. The molecule has 3 heteroatoms. The number of unbranched alkanes of at least 4 members (excludes halogenated alkanes) is 54. The Morgan fingerprint density at radius 1 is 0.217 bits per heavy atom. The van der Waals surface area contributed by atoms with Crippen LogP contribution < -0.4 is 0 Å². The van der Waals surface area contributed by atoms with Crippen LogP contribution in [-0.4, -0.2) is 36.6 Å². The third kappa shape index (κ3) is 79.0. The van der Waals surface area contributed by atoms with E-state index >= 15 is 4.79 Å². The highest BCUT2D eigenvalue weighted by Crippen LogP contribution is 2.56. The highest BCUT2D eigenvalue weighted by atomic mass is 16.4. The fourth-order valence-corrected chi connectivity index (χ4v) is 18.6. The molecular formula is C117H211NO2. The molecule has 0 amide bonds. The highest BCUT2D eigenvalue weighted by molar-refractivity contribution is 5.76. The van der Waals surface area contributed by atoms with Crippen LogP contribution >= 0.6 is 0 Å². The van der Waals surface area contributed by atoms with E-state index in [1.165, 1.54) is 437 Å². The van der Waals surface area contributed by atoms with Gasteiger partial charge in [0.25, 0.3) is 0 Å². The van der Waals surface area contributed by atoms with Crippen LogP contribution in [0.25, 0.3) is 0 Å². The monoisotopic (exact) mass is 1660 g/mol. The summed E-state index contributed by atoms with van der Waals surface area (Å²) in [6.45, 7) is 14.7. The molecular weight excluding hydrogens is 1450 g/mol. The van der Waals surface area contributed by atoms with Gasteiger partial charge in [0.15, 0.2) is 0 Å². The minimum Gasteiger partial charge on any atom is -0.481 e. The number of hydrogen-bond acceptors (Lipinski definition) is 2. The van der Waals surface area contributed by atoms with Gasteiger partial charge < -0.3 is 10.0 Å². The number of allylic oxidation sites excluding steroid dienone is 24. The number of carbonyl (C=O) groups is 1. The molecule has 1 N–H and O–H groups in total. The molecule has 0 radical (unpaired) electrons. The minimum atomic E-state index is -0.770. The molecule has 0 aliphatic carbocycles. The normalized spacial score (nSPS) is 14.3. The molecule has 0 aliphatic rings. The van der Waals surface area contributed by atoms with Crippen LogP contribution in [0.4, 0.5) is 0 Å². The number of carboxylic acid groups (broad SMARTS) is 1. The smallest absolute Gasteiger partial charge is 0.310 e. The summed E-state index contributed by atoms with van der Waals surface area (Å²) < 4.78 is 0. The van der Waals surface area contributed by atoms with Crippen molar-refractivity contribution < 1.29 is 9.90 Å². The van der Waals surface area contributed by atoms with Crippen LogP contribution in [0.1, 0.15) is 542 Å². The number of nitrogens with zero attached hydrogens (tertiary/aromatic N) is 1. The van der Waals surface area contributed by atoms with Gasteiger partial charge in [-0.25, -0.2) is 0 Å². The second-order valence-corrected chi connectivity index (χ2v) is 37.5. The van der Waals surface area contributed by atoms with Gasteiger partial charge >= 0.3 is 5.97 Å². The maximum Gasteiger partial charge on any atom is 0.310 e. The summed E-state index contributed by atoms with van der Waals surface area (Å²) in [4.78, 5) is 18.8. The second kappa shape index (κ2) is 99.1. The quantitative estimate of drug-likeness (QED) is 0.0487. The Bertz CT molecular complexity index is 2170. The van der Waals surface area contributed by atoms with Crippen LogP contribution in [0, 0.1) is 29.1 Å². The molecule has 120 heavy (non-hydrogen) atoms. The summed E-state index contributed by atoms with van der Waals surface area (Å²) in [5.74, 6) is 0.515. The summed E-state index contributed by atoms with van der Waals surface area (Å²) in [6, 6.07) is 0. The van der Waals surface area contributed by atoms with Crippen molar-refractivity contribution in [1.29, 1.82) is 0 Å². The van der Waals surface area contributed by atoms with Gasteiger partial charge in [0.1, 0.15) is 0 Å². The van der Waals surface area contributed by atoms with E-state index in [-0.39, 0.29) is 23.7 Å². The lowest BCUT2D eigenvalue weighted by molar-refractivity contribution is -0.171. The van der Waals surface area contributed by atoms with E-state index in [1.807, 2.05) is 0 Å². The molecule has 696 valence electrons. The minimum absolute atomic E-state index is 0.124. The van der Waals surface area contributed by atoms with Gasteiger partial charge in [0, 0.05) is 6.54 Å². The molecule has 0 rings (SSSR count). The van der Waals surface area contributed by atoms with Crippen LogP contribution in [-0.2, 0) is 4.79 Å². The molecule has 0 aromatic heterocycles. The zero-order valence-electron chi connectivity index (χ0n) is 82.3.